The van der Waals surface area contributed by atoms with Gasteiger partial charge >= 0.3 is 18.0 Å². The zero-order valence-electron chi connectivity index (χ0n) is 14.1. The molecule has 1 atom stereocenters. The van der Waals surface area contributed by atoms with Crippen LogP contribution in [0.5, 0.6) is 0 Å². The summed E-state index contributed by atoms with van der Waals surface area (Å²) in [4.78, 5) is 33.6. The van der Waals surface area contributed by atoms with E-state index in [2.05, 4.69) is 15.4 Å². The quantitative estimate of drug-likeness (QED) is 0.383. The summed E-state index contributed by atoms with van der Waals surface area (Å²) in [5.74, 6) is -0.368. The smallest absolute Gasteiger partial charge is 0.337 e. The van der Waals surface area contributed by atoms with Crippen molar-refractivity contribution < 1.29 is 29.3 Å². The van der Waals surface area contributed by atoms with Gasteiger partial charge in [-0.25, -0.2) is 9.59 Å². The van der Waals surface area contributed by atoms with Crippen molar-refractivity contribution in [3.8, 4) is 0 Å². The summed E-state index contributed by atoms with van der Waals surface area (Å²) in [6, 6.07) is 6.53. The molecule has 0 fully saturated rings. The molecule has 0 saturated heterocycles. The van der Waals surface area contributed by atoms with Gasteiger partial charge in [-0.1, -0.05) is 12.1 Å². The number of hydrogen-bond acceptors (Lipinski definition) is 6. The largest absolute Gasteiger partial charge is 0.479 e. The van der Waals surface area contributed by atoms with Gasteiger partial charge in [0.15, 0.2) is 5.60 Å². The fourth-order valence-corrected chi connectivity index (χ4v) is 2.56. The summed E-state index contributed by atoms with van der Waals surface area (Å²) in [6.45, 7) is 0.680. The Balaban J connectivity index is 2.45. The molecule has 138 valence electrons. The zero-order valence-corrected chi connectivity index (χ0v) is 14.9. The van der Waals surface area contributed by atoms with Gasteiger partial charge in [0.25, 0.3) is 0 Å². The van der Waals surface area contributed by atoms with Crippen LogP contribution in [0.25, 0.3) is 0 Å². The van der Waals surface area contributed by atoms with Crippen LogP contribution in [0.1, 0.15) is 18.9 Å². The lowest BCUT2D eigenvalue weighted by Crippen LogP contribution is -2.47. The number of anilines is 1. The first-order valence-electron chi connectivity index (χ1n) is 7.48. The fourth-order valence-electron chi connectivity index (χ4n) is 1.69. The van der Waals surface area contributed by atoms with E-state index in [0.29, 0.717) is 23.6 Å². The number of ether oxygens (including phenoxy) is 1. The van der Waals surface area contributed by atoms with E-state index in [0.717, 1.165) is 12.5 Å². The minimum atomic E-state index is -2.03. The summed E-state index contributed by atoms with van der Waals surface area (Å²) in [5.41, 5.74) is -0.529. The van der Waals surface area contributed by atoms with E-state index < -0.39 is 24.1 Å². The predicted octanol–water partition coefficient (Wildman–Crippen LogP) is 1.44. The van der Waals surface area contributed by atoms with E-state index in [1.807, 2.05) is 6.07 Å². The molecule has 1 aromatic carbocycles. The van der Waals surface area contributed by atoms with Gasteiger partial charge in [-0.05, 0) is 24.6 Å². The van der Waals surface area contributed by atoms with Gasteiger partial charge in [0.05, 0.1) is 20.1 Å². The van der Waals surface area contributed by atoms with Gasteiger partial charge in [-0.2, -0.15) is 11.8 Å². The topological polar surface area (TPSA) is 125 Å². The number of carboxylic acid groups (broad SMARTS) is 1. The summed E-state index contributed by atoms with van der Waals surface area (Å²) in [6.07, 6.45) is 0.338. The van der Waals surface area contributed by atoms with Crippen LogP contribution in [0.4, 0.5) is 10.5 Å². The lowest BCUT2D eigenvalue weighted by molar-refractivity contribution is -0.155. The molecular formula is C16H22N2O6S. The second-order valence-electron chi connectivity index (χ2n) is 5.47. The maximum Gasteiger partial charge on any atom is 0.337 e. The number of carbonyl (C=O) groups is 3. The monoisotopic (exact) mass is 370 g/mol. The lowest BCUT2D eigenvalue weighted by Gasteiger charge is -2.18. The molecule has 1 unspecified atom stereocenters. The van der Waals surface area contributed by atoms with Crippen LogP contribution in [-0.4, -0.2) is 53.2 Å². The second kappa shape index (κ2) is 9.90. The average molecular weight is 370 g/mol. The average Bonchev–Trinajstić information content (AvgIpc) is 2.57. The van der Waals surface area contributed by atoms with Gasteiger partial charge < -0.3 is 25.6 Å². The van der Waals surface area contributed by atoms with Crippen LogP contribution in [0.15, 0.2) is 24.3 Å². The molecule has 0 aliphatic carbocycles. The number of carbonyl (C=O) groups excluding carboxylic acids is 2. The highest BCUT2D eigenvalue weighted by atomic mass is 32.2. The van der Waals surface area contributed by atoms with Crippen molar-refractivity contribution >= 4 is 35.4 Å². The number of urea groups is 1. The van der Waals surface area contributed by atoms with Crippen LogP contribution in [0, 0.1) is 0 Å². The summed E-state index contributed by atoms with van der Waals surface area (Å²) < 4.78 is 4.57. The van der Waals surface area contributed by atoms with Crippen LogP contribution >= 0.6 is 11.8 Å². The number of amides is 2. The van der Waals surface area contributed by atoms with Gasteiger partial charge in [-0.3, -0.25) is 4.79 Å². The normalized spacial score (nSPS) is 12.8. The summed E-state index contributed by atoms with van der Waals surface area (Å²) >= 11 is 1.57. The molecule has 0 bridgehead atoms. The Kier molecular flexibility index (Phi) is 8.23. The number of hydrogen-bond donors (Lipinski definition) is 4. The van der Waals surface area contributed by atoms with E-state index >= 15 is 0 Å². The van der Waals surface area contributed by atoms with E-state index in [-0.39, 0.29) is 5.97 Å². The standard InChI is InChI=1S/C16H22N2O6S/c1-16(23,14(20)21)10-17-15(22)18-12-5-3-4-11(8-12)9-25-7-6-13(19)24-2/h3-5,8,23H,6-7,9-10H2,1-2H3,(H,20,21)(H2,17,18,22). The fraction of sp³-hybridized carbons (Fsp3) is 0.438. The molecule has 4 N–H and O–H groups in total. The maximum absolute atomic E-state index is 11.8. The first-order chi connectivity index (χ1) is 11.7. The molecule has 0 radical (unpaired) electrons. The lowest BCUT2D eigenvalue weighted by atomic mass is 10.1. The SMILES string of the molecule is COC(=O)CCSCc1cccc(NC(=O)NCC(C)(O)C(=O)O)c1. The third-order valence-electron chi connectivity index (χ3n) is 3.19. The van der Waals surface area contributed by atoms with Gasteiger partial charge in [0.2, 0.25) is 0 Å². The third kappa shape index (κ3) is 7.90. The number of methoxy groups -OCH3 is 1. The zero-order chi connectivity index (χ0) is 18.9. The first kappa shape index (κ1) is 20.8. The Morgan fingerprint density at radius 3 is 2.68 bits per heavy atom. The molecule has 0 heterocycles. The van der Waals surface area contributed by atoms with Crippen molar-refractivity contribution in [3.05, 3.63) is 29.8 Å². The molecule has 2 amide bonds. The Bertz CT molecular complexity index is 620. The van der Waals surface area contributed by atoms with Crippen LogP contribution in [-0.2, 0) is 20.1 Å². The number of aliphatic carboxylic acids is 1. The molecule has 1 rings (SSSR count). The van der Waals surface area contributed by atoms with Crippen molar-refractivity contribution in [1.29, 1.82) is 0 Å². The van der Waals surface area contributed by atoms with Crippen LogP contribution < -0.4 is 10.6 Å². The summed E-state index contributed by atoms with van der Waals surface area (Å²) in [5, 5.41) is 23.2. The molecule has 0 aliphatic heterocycles. The Labute approximate surface area is 149 Å². The maximum atomic E-state index is 11.8. The molecule has 0 aliphatic rings. The number of rotatable bonds is 9. The molecule has 25 heavy (non-hydrogen) atoms. The van der Waals surface area contributed by atoms with Crippen LogP contribution in [0.2, 0.25) is 0 Å². The highest BCUT2D eigenvalue weighted by Crippen LogP contribution is 2.17. The first-order valence-corrected chi connectivity index (χ1v) is 8.64. The highest BCUT2D eigenvalue weighted by Gasteiger charge is 2.30. The van der Waals surface area contributed by atoms with Gasteiger partial charge in [0.1, 0.15) is 0 Å². The van der Waals surface area contributed by atoms with Crippen molar-refractivity contribution in [3.63, 3.8) is 0 Å². The van der Waals surface area contributed by atoms with Gasteiger partial charge in [-0.15, -0.1) is 0 Å². The number of benzene rings is 1. The number of thioether (sulfide) groups is 1. The minimum Gasteiger partial charge on any atom is -0.479 e. The number of carboxylic acids is 1. The van der Waals surface area contributed by atoms with Crippen LogP contribution in [0.3, 0.4) is 0 Å². The Morgan fingerprint density at radius 2 is 2.04 bits per heavy atom. The van der Waals surface area contributed by atoms with E-state index in [9.17, 15) is 19.5 Å². The van der Waals surface area contributed by atoms with Crippen molar-refractivity contribution in [2.24, 2.45) is 0 Å². The highest BCUT2D eigenvalue weighted by molar-refractivity contribution is 7.98. The molecule has 8 nitrogen and oxygen atoms in total. The third-order valence-corrected chi connectivity index (χ3v) is 4.22. The number of esters is 1. The van der Waals surface area contributed by atoms with E-state index in [4.69, 9.17) is 5.11 Å². The molecule has 1 aromatic rings. The predicted molar refractivity (Wildman–Crippen MR) is 94.5 cm³/mol. The molecule has 0 saturated carbocycles. The molecular weight excluding hydrogens is 348 g/mol. The van der Waals surface area contributed by atoms with Crippen molar-refractivity contribution in [2.45, 2.75) is 24.7 Å². The second-order valence-corrected chi connectivity index (χ2v) is 6.57. The van der Waals surface area contributed by atoms with E-state index in [1.165, 1.54) is 7.11 Å². The Morgan fingerprint density at radius 1 is 1.32 bits per heavy atom. The number of aliphatic hydroxyl groups is 1. The van der Waals surface area contributed by atoms with Crippen molar-refractivity contribution in [1.82, 2.24) is 5.32 Å². The van der Waals surface area contributed by atoms with E-state index in [1.54, 1.807) is 30.0 Å². The summed E-state index contributed by atoms with van der Waals surface area (Å²) in [7, 11) is 1.35. The molecule has 9 heteroatoms. The molecule has 0 aromatic heterocycles. The Hall–Kier alpha value is -2.26. The minimum absolute atomic E-state index is 0.253. The molecule has 0 spiro atoms. The number of nitrogens with one attached hydrogen (secondary N) is 2. The van der Waals surface area contributed by atoms with Gasteiger partial charge in [0, 0.05) is 17.2 Å². The van der Waals surface area contributed by atoms with Crippen molar-refractivity contribution in [2.75, 3.05) is 24.7 Å².